The first kappa shape index (κ1) is 29.6. The van der Waals surface area contributed by atoms with E-state index in [4.69, 9.17) is 41.0 Å². The van der Waals surface area contributed by atoms with Crippen LogP contribution in [0.25, 0.3) is 0 Å². The van der Waals surface area contributed by atoms with Crippen LogP contribution in [-0.4, -0.2) is 26.3 Å². The number of hydrogen-bond acceptors (Lipinski definition) is 8. The summed E-state index contributed by atoms with van der Waals surface area (Å²) in [5, 5.41) is 10.5. The van der Waals surface area contributed by atoms with Crippen LogP contribution in [0.15, 0.2) is 72.1 Å². The molecule has 0 saturated heterocycles. The number of hydrogen-bond donors (Lipinski definition) is 1. The lowest BCUT2D eigenvalue weighted by atomic mass is 9.83. The van der Waals surface area contributed by atoms with Gasteiger partial charge in [0, 0.05) is 16.7 Å². The van der Waals surface area contributed by atoms with Gasteiger partial charge in [-0.25, -0.2) is 4.79 Å². The zero-order valence-corrected chi connectivity index (χ0v) is 23.9. The predicted molar refractivity (Wildman–Crippen MR) is 156 cm³/mol. The highest BCUT2D eigenvalue weighted by Crippen LogP contribution is 2.45. The molecule has 0 radical (unpaired) electrons. The molecule has 214 valence electrons. The fraction of sp³-hybridized carbons (Fsp3) is 0.312. The molecule has 0 amide bonds. The summed E-state index contributed by atoms with van der Waals surface area (Å²) in [6.07, 6.45) is 5.71. The standard InChI is InChI=1S/C32H33ClN2O6/c1-3-4-5-6-7-16-38-27-15-8-21(17-29(27)37-2)31-25-14-13-24(18-28(25)41-32(35)26(31)19-34)40-30(36)20-39-23-11-9-22(33)10-12-23/h8-15,17-18,31H,3-7,16,20,35H2,1-2H3. The second-order valence-electron chi connectivity index (χ2n) is 9.51. The van der Waals surface area contributed by atoms with E-state index in [-0.39, 0.29) is 23.8 Å². The van der Waals surface area contributed by atoms with Crippen LogP contribution in [0.5, 0.6) is 28.7 Å². The van der Waals surface area contributed by atoms with E-state index in [0.717, 1.165) is 18.4 Å². The van der Waals surface area contributed by atoms with Crippen LogP contribution in [-0.2, 0) is 4.79 Å². The highest BCUT2D eigenvalue weighted by atomic mass is 35.5. The van der Waals surface area contributed by atoms with Gasteiger partial charge < -0.3 is 29.4 Å². The minimum absolute atomic E-state index is 0.0223. The number of allylic oxidation sites excluding steroid dienone is 1. The van der Waals surface area contributed by atoms with Gasteiger partial charge in [-0.05, 0) is 54.4 Å². The van der Waals surface area contributed by atoms with Crippen molar-refractivity contribution >= 4 is 17.6 Å². The highest BCUT2D eigenvalue weighted by Gasteiger charge is 2.31. The number of carbonyl (C=O) groups is 1. The zero-order chi connectivity index (χ0) is 29.2. The number of carbonyl (C=O) groups excluding carboxylic acids is 1. The molecule has 0 aliphatic carbocycles. The van der Waals surface area contributed by atoms with Crippen LogP contribution in [0.1, 0.15) is 56.1 Å². The number of methoxy groups -OCH3 is 1. The Kier molecular flexibility index (Phi) is 10.4. The van der Waals surface area contributed by atoms with E-state index in [9.17, 15) is 10.1 Å². The summed E-state index contributed by atoms with van der Waals surface area (Å²) in [6, 6.07) is 19.4. The third kappa shape index (κ3) is 7.65. The molecule has 0 spiro atoms. The first-order chi connectivity index (χ1) is 19.9. The van der Waals surface area contributed by atoms with Gasteiger partial charge in [0.2, 0.25) is 5.88 Å². The van der Waals surface area contributed by atoms with Crippen molar-refractivity contribution in [3.05, 3.63) is 88.3 Å². The van der Waals surface area contributed by atoms with E-state index in [1.54, 1.807) is 49.6 Å². The van der Waals surface area contributed by atoms with Gasteiger partial charge in [-0.1, -0.05) is 56.3 Å². The van der Waals surface area contributed by atoms with Gasteiger partial charge in [-0.15, -0.1) is 0 Å². The third-order valence-corrected chi connectivity index (χ3v) is 6.87. The molecule has 0 aromatic heterocycles. The van der Waals surface area contributed by atoms with E-state index >= 15 is 0 Å². The van der Waals surface area contributed by atoms with E-state index in [1.807, 2.05) is 18.2 Å². The SMILES string of the molecule is CCCCCCCOc1ccc(C2C(C#N)=C(N)Oc3cc(OC(=O)COc4ccc(Cl)cc4)ccc32)cc1OC. The van der Waals surface area contributed by atoms with Crippen molar-refractivity contribution in [1.29, 1.82) is 5.26 Å². The Hall–Kier alpha value is -4.35. The Morgan fingerprint density at radius 3 is 2.46 bits per heavy atom. The first-order valence-corrected chi connectivity index (χ1v) is 13.9. The average Bonchev–Trinajstić information content (AvgIpc) is 2.98. The van der Waals surface area contributed by atoms with E-state index < -0.39 is 11.9 Å². The molecule has 3 aromatic rings. The largest absolute Gasteiger partial charge is 0.493 e. The molecule has 3 aromatic carbocycles. The molecule has 1 atom stereocenters. The topological polar surface area (TPSA) is 113 Å². The molecule has 2 N–H and O–H groups in total. The number of esters is 1. The fourth-order valence-corrected chi connectivity index (χ4v) is 4.67. The molecular formula is C32H33ClN2O6. The Labute approximate surface area is 245 Å². The summed E-state index contributed by atoms with van der Waals surface area (Å²) in [7, 11) is 1.58. The average molecular weight is 577 g/mol. The molecule has 1 aliphatic rings. The number of unbranched alkanes of at least 4 members (excludes halogenated alkanes) is 4. The Bertz CT molecular complexity index is 1430. The zero-order valence-electron chi connectivity index (χ0n) is 23.2. The lowest BCUT2D eigenvalue weighted by Crippen LogP contribution is -2.22. The van der Waals surface area contributed by atoms with Gasteiger partial charge in [0.25, 0.3) is 0 Å². The summed E-state index contributed by atoms with van der Waals surface area (Å²) in [5.74, 6) is 1.18. The number of nitrogens with zero attached hydrogens (tertiary/aromatic N) is 1. The molecule has 1 aliphatic heterocycles. The number of nitrogens with two attached hydrogens (primary N) is 1. The maximum Gasteiger partial charge on any atom is 0.349 e. The summed E-state index contributed by atoms with van der Waals surface area (Å²) in [4.78, 5) is 12.4. The van der Waals surface area contributed by atoms with Gasteiger partial charge in [0.05, 0.1) is 19.6 Å². The fourth-order valence-electron chi connectivity index (χ4n) is 4.55. The van der Waals surface area contributed by atoms with Gasteiger partial charge in [-0.3, -0.25) is 0 Å². The van der Waals surface area contributed by atoms with Crippen molar-refractivity contribution in [1.82, 2.24) is 0 Å². The van der Waals surface area contributed by atoms with E-state index in [2.05, 4.69) is 13.0 Å². The summed E-state index contributed by atoms with van der Waals surface area (Å²) in [5.41, 5.74) is 7.91. The van der Waals surface area contributed by atoms with Gasteiger partial charge >= 0.3 is 5.97 Å². The monoisotopic (exact) mass is 576 g/mol. The lowest BCUT2D eigenvalue weighted by molar-refractivity contribution is -0.136. The number of fused-ring (bicyclic) bond motifs is 1. The maximum absolute atomic E-state index is 12.4. The van der Waals surface area contributed by atoms with E-state index in [0.29, 0.717) is 40.2 Å². The smallest absolute Gasteiger partial charge is 0.349 e. The molecule has 0 bridgehead atoms. The van der Waals surface area contributed by atoms with Crippen molar-refractivity contribution in [2.45, 2.75) is 44.9 Å². The number of benzene rings is 3. The summed E-state index contributed by atoms with van der Waals surface area (Å²) >= 11 is 5.87. The number of halogens is 1. The van der Waals surface area contributed by atoms with Crippen LogP contribution in [0.4, 0.5) is 0 Å². The van der Waals surface area contributed by atoms with Crippen molar-refractivity contribution in [2.24, 2.45) is 5.73 Å². The molecule has 8 nitrogen and oxygen atoms in total. The van der Waals surface area contributed by atoms with Crippen molar-refractivity contribution < 1.29 is 28.5 Å². The molecule has 4 rings (SSSR count). The maximum atomic E-state index is 12.4. The normalized spacial score (nSPS) is 14.0. The van der Waals surface area contributed by atoms with Crippen LogP contribution in [0.2, 0.25) is 5.02 Å². The highest BCUT2D eigenvalue weighted by molar-refractivity contribution is 6.30. The van der Waals surface area contributed by atoms with Gasteiger partial charge in [0.1, 0.15) is 28.9 Å². The molecule has 0 saturated carbocycles. The second-order valence-corrected chi connectivity index (χ2v) is 9.95. The molecule has 1 unspecified atom stereocenters. The van der Waals surface area contributed by atoms with Gasteiger partial charge in [0.15, 0.2) is 18.1 Å². The van der Waals surface area contributed by atoms with E-state index in [1.165, 1.54) is 19.3 Å². The summed E-state index contributed by atoms with van der Waals surface area (Å²) in [6.45, 7) is 2.49. The summed E-state index contributed by atoms with van der Waals surface area (Å²) < 4.78 is 28.3. The molecule has 0 fully saturated rings. The van der Waals surface area contributed by atoms with Crippen LogP contribution < -0.4 is 29.4 Å². The van der Waals surface area contributed by atoms with Crippen LogP contribution in [0.3, 0.4) is 0 Å². The van der Waals surface area contributed by atoms with Crippen molar-refractivity contribution in [3.8, 4) is 34.8 Å². The minimum Gasteiger partial charge on any atom is -0.493 e. The lowest BCUT2D eigenvalue weighted by Gasteiger charge is -2.27. The quantitative estimate of drug-likeness (QED) is 0.133. The van der Waals surface area contributed by atoms with Gasteiger partial charge in [-0.2, -0.15) is 5.26 Å². The predicted octanol–water partition coefficient (Wildman–Crippen LogP) is 6.90. The minimum atomic E-state index is -0.598. The third-order valence-electron chi connectivity index (χ3n) is 6.62. The molecule has 9 heteroatoms. The first-order valence-electron chi connectivity index (χ1n) is 13.5. The molecule has 41 heavy (non-hydrogen) atoms. The Morgan fingerprint density at radius 1 is 0.976 bits per heavy atom. The Morgan fingerprint density at radius 2 is 1.73 bits per heavy atom. The molecule has 1 heterocycles. The Balaban J connectivity index is 1.49. The van der Waals surface area contributed by atoms with Crippen molar-refractivity contribution in [3.63, 3.8) is 0 Å². The van der Waals surface area contributed by atoms with Crippen molar-refractivity contribution in [2.75, 3.05) is 20.3 Å². The second kappa shape index (κ2) is 14.3. The number of nitriles is 1. The number of rotatable bonds is 13. The van der Waals surface area contributed by atoms with Crippen LogP contribution >= 0.6 is 11.6 Å². The molecular weight excluding hydrogens is 544 g/mol. The van der Waals surface area contributed by atoms with Crippen LogP contribution in [0, 0.1) is 11.3 Å². The number of ether oxygens (including phenoxy) is 5.